The molecule has 1 rings (SSSR count). The van der Waals surface area contributed by atoms with Gasteiger partial charge in [-0.05, 0) is 27.9 Å². The van der Waals surface area contributed by atoms with Crippen molar-refractivity contribution in [3.63, 3.8) is 0 Å². The predicted octanol–water partition coefficient (Wildman–Crippen LogP) is 1.49. The van der Waals surface area contributed by atoms with E-state index in [1.807, 2.05) is 6.92 Å². The zero-order chi connectivity index (χ0) is 10.6. The van der Waals surface area contributed by atoms with Crippen molar-refractivity contribution < 1.29 is 0 Å². The fourth-order valence-electron chi connectivity index (χ4n) is 1.38. The molecule has 1 unspecified atom stereocenters. The van der Waals surface area contributed by atoms with Crippen molar-refractivity contribution in [2.75, 3.05) is 20.6 Å². The molecule has 3 nitrogen and oxygen atoms in total. The molecule has 0 amide bonds. The molecule has 1 aromatic heterocycles. The second kappa shape index (κ2) is 5.44. The smallest absolute Gasteiger partial charge is 0.0897 e. The minimum absolute atomic E-state index is 0.506. The van der Waals surface area contributed by atoms with Gasteiger partial charge in [0.25, 0.3) is 0 Å². The second-order valence-corrected chi connectivity index (χ2v) is 4.96. The first kappa shape index (κ1) is 11.6. The first-order valence-electron chi connectivity index (χ1n) is 4.87. The minimum Gasteiger partial charge on any atom is -0.308 e. The van der Waals surface area contributed by atoms with Gasteiger partial charge in [-0.15, -0.1) is 11.3 Å². The fourth-order valence-corrected chi connectivity index (χ4v) is 1.99. The van der Waals surface area contributed by atoms with Crippen molar-refractivity contribution in [2.24, 2.45) is 0 Å². The Balaban J connectivity index is 2.26. The number of thiazole rings is 1. The molecule has 0 aliphatic rings. The Bertz CT molecular complexity index is 270. The maximum atomic E-state index is 4.40. The molecule has 0 aliphatic heterocycles. The topological polar surface area (TPSA) is 28.2 Å². The zero-order valence-electron chi connectivity index (χ0n) is 9.37. The van der Waals surface area contributed by atoms with Crippen molar-refractivity contribution in [1.29, 1.82) is 0 Å². The van der Waals surface area contributed by atoms with E-state index in [-0.39, 0.29) is 0 Å². The van der Waals surface area contributed by atoms with E-state index >= 15 is 0 Å². The van der Waals surface area contributed by atoms with Gasteiger partial charge < -0.3 is 10.2 Å². The van der Waals surface area contributed by atoms with Crippen LogP contribution in [0.3, 0.4) is 0 Å². The lowest BCUT2D eigenvalue weighted by molar-refractivity contribution is 0.348. The Hall–Kier alpha value is -0.450. The van der Waals surface area contributed by atoms with Gasteiger partial charge in [0.15, 0.2) is 0 Å². The number of nitrogens with zero attached hydrogens (tertiary/aromatic N) is 2. The van der Waals surface area contributed by atoms with Crippen LogP contribution in [0.5, 0.6) is 0 Å². The van der Waals surface area contributed by atoms with Gasteiger partial charge in [-0.2, -0.15) is 0 Å². The van der Waals surface area contributed by atoms with Gasteiger partial charge in [0.1, 0.15) is 0 Å². The molecule has 4 heteroatoms. The Morgan fingerprint density at radius 2 is 2.29 bits per heavy atom. The highest BCUT2D eigenvalue weighted by Crippen LogP contribution is 2.07. The summed E-state index contributed by atoms with van der Waals surface area (Å²) in [5.41, 5.74) is 1.15. The lowest BCUT2D eigenvalue weighted by atomic mass is 10.3. The van der Waals surface area contributed by atoms with Gasteiger partial charge in [0, 0.05) is 24.5 Å². The molecular formula is C10H19N3S. The average molecular weight is 213 g/mol. The summed E-state index contributed by atoms with van der Waals surface area (Å²) in [7, 11) is 4.18. The molecular weight excluding hydrogens is 194 g/mol. The highest BCUT2D eigenvalue weighted by Gasteiger charge is 2.03. The van der Waals surface area contributed by atoms with E-state index in [0.29, 0.717) is 6.04 Å². The molecule has 0 fully saturated rings. The van der Waals surface area contributed by atoms with E-state index < -0.39 is 0 Å². The third kappa shape index (κ3) is 4.17. The summed E-state index contributed by atoms with van der Waals surface area (Å²) >= 11 is 1.71. The van der Waals surface area contributed by atoms with E-state index in [2.05, 4.69) is 41.6 Å². The number of rotatable bonds is 5. The van der Waals surface area contributed by atoms with Crippen LogP contribution in [0.15, 0.2) is 5.38 Å². The first-order chi connectivity index (χ1) is 6.58. The molecule has 14 heavy (non-hydrogen) atoms. The molecule has 0 aromatic carbocycles. The van der Waals surface area contributed by atoms with Crippen LogP contribution in [0, 0.1) is 6.92 Å². The number of aryl methyl sites for hydroxylation is 1. The highest BCUT2D eigenvalue weighted by molar-refractivity contribution is 7.09. The normalized spacial score (nSPS) is 13.5. The summed E-state index contributed by atoms with van der Waals surface area (Å²) < 4.78 is 0. The van der Waals surface area contributed by atoms with E-state index in [0.717, 1.165) is 23.8 Å². The van der Waals surface area contributed by atoms with Crippen molar-refractivity contribution in [3.8, 4) is 0 Å². The Morgan fingerprint density at radius 1 is 1.57 bits per heavy atom. The monoisotopic (exact) mass is 213 g/mol. The van der Waals surface area contributed by atoms with Crippen LogP contribution < -0.4 is 5.32 Å². The van der Waals surface area contributed by atoms with Crippen LogP contribution in [-0.4, -0.2) is 36.6 Å². The molecule has 80 valence electrons. The van der Waals surface area contributed by atoms with Crippen LogP contribution in [0.25, 0.3) is 0 Å². The molecule has 0 radical (unpaired) electrons. The zero-order valence-corrected chi connectivity index (χ0v) is 10.2. The molecule has 0 saturated heterocycles. The summed E-state index contributed by atoms with van der Waals surface area (Å²) in [5.74, 6) is 0. The number of likely N-dealkylation sites (N-methyl/N-ethyl adjacent to an activating group) is 1. The maximum Gasteiger partial charge on any atom is 0.0897 e. The van der Waals surface area contributed by atoms with Gasteiger partial charge in [-0.1, -0.05) is 0 Å². The van der Waals surface area contributed by atoms with Crippen LogP contribution in [0.2, 0.25) is 0 Å². The summed E-state index contributed by atoms with van der Waals surface area (Å²) in [6.07, 6.45) is 0. The molecule has 1 N–H and O–H groups in total. The summed E-state index contributed by atoms with van der Waals surface area (Å²) in [5, 5.41) is 6.70. The second-order valence-electron chi connectivity index (χ2n) is 3.90. The average Bonchev–Trinajstić information content (AvgIpc) is 2.47. The number of hydrogen-bond donors (Lipinski definition) is 1. The van der Waals surface area contributed by atoms with E-state index in [4.69, 9.17) is 0 Å². The molecule has 1 heterocycles. The molecule has 0 bridgehead atoms. The van der Waals surface area contributed by atoms with Crippen LogP contribution in [-0.2, 0) is 6.54 Å². The summed E-state index contributed by atoms with van der Waals surface area (Å²) in [6, 6.07) is 0.506. The Morgan fingerprint density at radius 3 is 2.79 bits per heavy atom. The number of hydrogen-bond acceptors (Lipinski definition) is 4. The number of aromatic nitrogens is 1. The number of nitrogens with one attached hydrogen (secondary N) is 1. The molecule has 1 atom stereocenters. The Kier molecular flexibility index (Phi) is 4.51. The summed E-state index contributed by atoms with van der Waals surface area (Å²) in [4.78, 5) is 6.59. The van der Waals surface area contributed by atoms with Crippen LogP contribution in [0.1, 0.15) is 17.6 Å². The predicted molar refractivity (Wildman–Crippen MR) is 61.7 cm³/mol. The van der Waals surface area contributed by atoms with E-state index in [9.17, 15) is 0 Å². The van der Waals surface area contributed by atoms with Crippen molar-refractivity contribution in [2.45, 2.75) is 26.4 Å². The first-order valence-corrected chi connectivity index (χ1v) is 5.75. The Labute approximate surface area is 90.2 Å². The van der Waals surface area contributed by atoms with Crippen molar-refractivity contribution in [1.82, 2.24) is 15.2 Å². The third-order valence-corrected chi connectivity index (χ3v) is 2.76. The van der Waals surface area contributed by atoms with E-state index in [1.165, 1.54) is 0 Å². The van der Waals surface area contributed by atoms with Gasteiger partial charge in [0.2, 0.25) is 0 Å². The molecule has 0 saturated carbocycles. The molecule has 0 spiro atoms. The molecule has 0 aliphatic carbocycles. The quantitative estimate of drug-likeness (QED) is 0.803. The largest absolute Gasteiger partial charge is 0.308 e. The highest BCUT2D eigenvalue weighted by atomic mass is 32.1. The SMILES string of the molecule is Cc1nc(CNC(C)CN(C)C)cs1. The minimum atomic E-state index is 0.506. The van der Waals surface area contributed by atoms with Gasteiger partial charge in [0.05, 0.1) is 10.7 Å². The van der Waals surface area contributed by atoms with E-state index in [1.54, 1.807) is 11.3 Å². The maximum absolute atomic E-state index is 4.40. The lowest BCUT2D eigenvalue weighted by Crippen LogP contribution is -2.35. The van der Waals surface area contributed by atoms with Gasteiger partial charge >= 0.3 is 0 Å². The van der Waals surface area contributed by atoms with Crippen LogP contribution in [0.4, 0.5) is 0 Å². The standard InChI is InChI=1S/C10H19N3S/c1-8(6-13(3)4)11-5-10-7-14-9(2)12-10/h7-8,11H,5-6H2,1-4H3. The van der Waals surface area contributed by atoms with Gasteiger partial charge in [-0.3, -0.25) is 0 Å². The van der Waals surface area contributed by atoms with Crippen molar-refractivity contribution >= 4 is 11.3 Å². The van der Waals surface area contributed by atoms with Gasteiger partial charge in [-0.25, -0.2) is 4.98 Å². The summed E-state index contributed by atoms with van der Waals surface area (Å²) in [6.45, 7) is 6.17. The lowest BCUT2D eigenvalue weighted by Gasteiger charge is -2.17. The van der Waals surface area contributed by atoms with Crippen LogP contribution >= 0.6 is 11.3 Å². The third-order valence-electron chi connectivity index (χ3n) is 1.94. The fraction of sp³-hybridized carbons (Fsp3) is 0.700. The molecule has 1 aromatic rings. The van der Waals surface area contributed by atoms with Crippen molar-refractivity contribution in [3.05, 3.63) is 16.1 Å².